The Balaban J connectivity index is 1.99. The summed E-state index contributed by atoms with van der Waals surface area (Å²) in [6, 6.07) is 7.44. The number of hydrogen-bond donors (Lipinski definition) is 1. The molecule has 6 heteroatoms. The lowest BCUT2D eigenvalue weighted by molar-refractivity contribution is -0.143. The van der Waals surface area contributed by atoms with Crippen molar-refractivity contribution in [2.75, 3.05) is 20.2 Å². The molecule has 0 radical (unpaired) electrons. The fraction of sp³-hybridized carbons (Fsp3) is 0.583. The Bertz CT molecular complexity index is 842. The maximum Gasteiger partial charge on any atom is 0.328 e. The van der Waals surface area contributed by atoms with E-state index in [1.54, 1.807) is 7.11 Å². The first-order chi connectivity index (χ1) is 14.2. The Hall–Kier alpha value is -2.34. The number of carboxylic acids is 1. The van der Waals surface area contributed by atoms with Crippen LogP contribution in [0.2, 0.25) is 0 Å². The molecule has 1 N–H and O–H groups in total. The number of aliphatic imine (C=N–C) groups is 1. The van der Waals surface area contributed by atoms with E-state index < -0.39 is 12.0 Å². The number of amidine groups is 1. The topological polar surface area (TPSA) is 65.4 Å². The highest BCUT2D eigenvalue weighted by atomic mass is 16.5. The molecular formula is C24H35N3O3. The number of piperazine rings is 1. The molecule has 0 amide bonds. The van der Waals surface area contributed by atoms with Crippen LogP contribution in [0, 0.1) is 5.41 Å². The van der Waals surface area contributed by atoms with Crippen molar-refractivity contribution in [3.63, 3.8) is 0 Å². The fourth-order valence-corrected chi connectivity index (χ4v) is 5.16. The van der Waals surface area contributed by atoms with Gasteiger partial charge in [0.05, 0.1) is 13.2 Å². The van der Waals surface area contributed by atoms with Crippen LogP contribution < -0.4 is 4.74 Å². The lowest BCUT2D eigenvalue weighted by Gasteiger charge is -2.48. The molecule has 1 aromatic rings. The van der Waals surface area contributed by atoms with Gasteiger partial charge in [-0.3, -0.25) is 9.89 Å². The van der Waals surface area contributed by atoms with E-state index in [1.165, 1.54) is 5.57 Å². The maximum atomic E-state index is 12.2. The van der Waals surface area contributed by atoms with Gasteiger partial charge in [0.1, 0.15) is 17.6 Å². The number of carbonyl (C=O) groups is 1. The molecule has 2 heterocycles. The van der Waals surface area contributed by atoms with Gasteiger partial charge in [-0.25, -0.2) is 4.79 Å². The summed E-state index contributed by atoms with van der Waals surface area (Å²) in [5.41, 5.74) is 3.52. The van der Waals surface area contributed by atoms with E-state index in [0.29, 0.717) is 13.1 Å². The van der Waals surface area contributed by atoms with Gasteiger partial charge in [0.25, 0.3) is 0 Å². The van der Waals surface area contributed by atoms with E-state index in [9.17, 15) is 9.90 Å². The Labute approximate surface area is 180 Å². The van der Waals surface area contributed by atoms with Crippen molar-refractivity contribution in [1.29, 1.82) is 0 Å². The van der Waals surface area contributed by atoms with E-state index >= 15 is 0 Å². The van der Waals surface area contributed by atoms with Gasteiger partial charge >= 0.3 is 5.97 Å². The van der Waals surface area contributed by atoms with Crippen molar-refractivity contribution in [3.05, 3.63) is 41.1 Å². The predicted octanol–water partition coefficient (Wildman–Crippen LogP) is 4.17. The number of ether oxygens (including phenoxy) is 1. The molecule has 3 rings (SSSR count). The van der Waals surface area contributed by atoms with Gasteiger partial charge in [0.2, 0.25) is 0 Å². The van der Waals surface area contributed by atoms with Gasteiger partial charge in [0, 0.05) is 25.3 Å². The monoisotopic (exact) mass is 413 g/mol. The zero-order chi connectivity index (χ0) is 22.1. The van der Waals surface area contributed by atoms with Crippen LogP contribution >= 0.6 is 0 Å². The predicted molar refractivity (Wildman–Crippen MR) is 120 cm³/mol. The van der Waals surface area contributed by atoms with Crippen LogP contribution in [0.3, 0.4) is 0 Å². The number of carboxylic acid groups (broad SMARTS) is 1. The summed E-state index contributed by atoms with van der Waals surface area (Å²) in [7, 11) is 1.66. The van der Waals surface area contributed by atoms with Crippen molar-refractivity contribution in [2.45, 2.75) is 66.1 Å². The fourth-order valence-electron chi connectivity index (χ4n) is 5.16. The van der Waals surface area contributed by atoms with E-state index in [-0.39, 0.29) is 11.5 Å². The molecule has 164 valence electrons. The molecule has 0 unspecified atom stereocenters. The van der Waals surface area contributed by atoms with Crippen molar-refractivity contribution in [2.24, 2.45) is 10.4 Å². The molecular weight excluding hydrogens is 378 g/mol. The molecule has 0 bridgehead atoms. The summed E-state index contributed by atoms with van der Waals surface area (Å²) in [5, 5.41) is 10.0. The zero-order valence-electron chi connectivity index (χ0n) is 19.1. The van der Waals surface area contributed by atoms with Crippen molar-refractivity contribution in [1.82, 2.24) is 9.80 Å². The highest BCUT2D eigenvalue weighted by molar-refractivity contribution is 5.89. The maximum absolute atomic E-state index is 12.2. The summed E-state index contributed by atoms with van der Waals surface area (Å²) in [4.78, 5) is 21.3. The number of hydrogen-bond acceptors (Lipinski definition) is 5. The summed E-state index contributed by atoms with van der Waals surface area (Å²) < 4.78 is 5.26. The molecule has 0 spiro atoms. The highest BCUT2D eigenvalue weighted by Gasteiger charge is 2.43. The van der Waals surface area contributed by atoms with Crippen LogP contribution in [-0.2, 0) is 11.3 Å². The lowest BCUT2D eigenvalue weighted by atomic mass is 9.74. The molecule has 1 saturated heterocycles. The van der Waals surface area contributed by atoms with Gasteiger partial charge in [-0.2, -0.15) is 0 Å². The first kappa shape index (κ1) is 22.3. The molecule has 1 fully saturated rings. The van der Waals surface area contributed by atoms with Crippen LogP contribution in [0.5, 0.6) is 5.75 Å². The van der Waals surface area contributed by atoms with Crippen LogP contribution in [0.25, 0.3) is 0 Å². The molecule has 0 aromatic heterocycles. The van der Waals surface area contributed by atoms with Gasteiger partial charge < -0.3 is 14.7 Å². The normalized spacial score (nSPS) is 22.6. The molecule has 0 aliphatic carbocycles. The first-order valence-electron chi connectivity index (χ1n) is 10.8. The number of fused-ring (bicyclic) bond motifs is 1. The third kappa shape index (κ3) is 4.38. The first-order valence-corrected chi connectivity index (χ1v) is 10.8. The van der Waals surface area contributed by atoms with E-state index in [1.807, 2.05) is 36.1 Å². The molecule has 30 heavy (non-hydrogen) atoms. The second-order valence-corrected chi connectivity index (χ2v) is 9.09. The SMILES string of the molecule is CCCC(C)(C)C1=C2CN(Cc3ccc(OC)cc3)C[C@@H](C(=O)O)N2C(C)=N[C@H]1C. The van der Waals surface area contributed by atoms with Crippen LogP contribution in [0.1, 0.15) is 53.0 Å². The summed E-state index contributed by atoms with van der Waals surface area (Å²) >= 11 is 0. The Morgan fingerprint density at radius 1 is 1.30 bits per heavy atom. The van der Waals surface area contributed by atoms with Gasteiger partial charge in [-0.15, -0.1) is 0 Å². The Morgan fingerprint density at radius 3 is 2.53 bits per heavy atom. The molecule has 1 aromatic carbocycles. The van der Waals surface area contributed by atoms with E-state index in [0.717, 1.165) is 42.2 Å². The Morgan fingerprint density at radius 2 is 1.97 bits per heavy atom. The second-order valence-electron chi connectivity index (χ2n) is 9.09. The third-order valence-electron chi connectivity index (χ3n) is 6.32. The molecule has 6 nitrogen and oxygen atoms in total. The standard InChI is InChI=1S/C24H35N3O3/c1-7-12-24(4,5)22-16(2)25-17(3)27-20(22)14-26(15-21(27)23(28)29)13-18-8-10-19(30-6)11-9-18/h8-11,16,21H,7,12-15H2,1-6H3,(H,28,29)/t16-,21-/m0/s1. The minimum Gasteiger partial charge on any atom is -0.497 e. The number of nitrogens with zero attached hydrogens (tertiary/aromatic N) is 3. The quantitative estimate of drug-likeness (QED) is 0.727. The minimum absolute atomic E-state index is 0.0296. The lowest BCUT2D eigenvalue weighted by Crippen LogP contribution is -2.58. The second kappa shape index (κ2) is 8.80. The highest BCUT2D eigenvalue weighted by Crippen LogP contribution is 2.42. The number of methoxy groups -OCH3 is 1. The van der Waals surface area contributed by atoms with Crippen molar-refractivity contribution >= 4 is 11.8 Å². The van der Waals surface area contributed by atoms with Crippen LogP contribution in [0.4, 0.5) is 0 Å². The summed E-state index contributed by atoms with van der Waals surface area (Å²) in [6.07, 6.45) is 2.13. The summed E-state index contributed by atoms with van der Waals surface area (Å²) in [5.74, 6) is 0.833. The molecule has 2 aliphatic rings. The van der Waals surface area contributed by atoms with Crippen LogP contribution in [0.15, 0.2) is 40.5 Å². The minimum atomic E-state index is -0.802. The Kier molecular flexibility index (Phi) is 6.56. The van der Waals surface area contributed by atoms with Crippen molar-refractivity contribution in [3.8, 4) is 5.75 Å². The van der Waals surface area contributed by atoms with Gasteiger partial charge in [-0.1, -0.05) is 39.3 Å². The largest absolute Gasteiger partial charge is 0.497 e. The van der Waals surface area contributed by atoms with Gasteiger partial charge in [-0.05, 0) is 49.0 Å². The molecule has 2 aliphatic heterocycles. The number of rotatable bonds is 7. The van der Waals surface area contributed by atoms with Gasteiger partial charge in [0.15, 0.2) is 0 Å². The van der Waals surface area contributed by atoms with Crippen LogP contribution in [-0.4, -0.2) is 59.0 Å². The van der Waals surface area contributed by atoms with E-state index in [4.69, 9.17) is 9.73 Å². The summed E-state index contributed by atoms with van der Waals surface area (Å²) in [6.45, 7) is 12.7. The van der Waals surface area contributed by atoms with Crippen molar-refractivity contribution < 1.29 is 14.6 Å². The average molecular weight is 414 g/mol. The number of aliphatic carboxylic acids is 1. The molecule has 0 saturated carbocycles. The third-order valence-corrected chi connectivity index (χ3v) is 6.32. The zero-order valence-corrected chi connectivity index (χ0v) is 19.1. The smallest absolute Gasteiger partial charge is 0.328 e. The average Bonchev–Trinajstić information content (AvgIpc) is 2.67. The van der Waals surface area contributed by atoms with E-state index in [2.05, 4.69) is 32.6 Å². The number of benzene rings is 1. The molecule has 2 atom stereocenters.